The first-order chi connectivity index (χ1) is 9.17. The van der Waals surface area contributed by atoms with Crippen molar-refractivity contribution in [2.75, 3.05) is 7.05 Å². The maximum atomic E-state index is 4.64. The average Bonchev–Trinajstić information content (AvgIpc) is 2.67. The van der Waals surface area contributed by atoms with Gasteiger partial charge in [0.05, 0.1) is 5.69 Å². The smallest absolute Gasteiger partial charge is 0.0674 e. The van der Waals surface area contributed by atoms with E-state index < -0.39 is 0 Å². The van der Waals surface area contributed by atoms with Crippen LogP contribution < -0.4 is 5.32 Å². The molecule has 0 aliphatic carbocycles. The van der Waals surface area contributed by atoms with E-state index in [2.05, 4.69) is 60.1 Å². The Morgan fingerprint density at radius 1 is 1.16 bits per heavy atom. The van der Waals surface area contributed by atoms with Crippen molar-refractivity contribution in [3.63, 3.8) is 0 Å². The molecule has 19 heavy (non-hydrogen) atoms. The van der Waals surface area contributed by atoms with Crippen LogP contribution in [0.3, 0.4) is 0 Å². The van der Waals surface area contributed by atoms with Crippen LogP contribution in [0.2, 0.25) is 0 Å². The Hall–Kier alpha value is -1.61. The molecule has 0 fully saturated rings. The molecule has 0 saturated heterocycles. The molecule has 0 radical (unpaired) electrons. The van der Waals surface area contributed by atoms with Gasteiger partial charge in [0.25, 0.3) is 0 Å². The number of benzene rings is 1. The van der Waals surface area contributed by atoms with Gasteiger partial charge in [0, 0.05) is 24.3 Å². The highest BCUT2D eigenvalue weighted by atomic mass is 15.3. The Kier molecular flexibility index (Phi) is 4.38. The van der Waals surface area contributed by atoms with E-state index in [1.165, 1.54) is 22.4 Å². The molecule has 1 heterocycles. The fourth-order valence-corrected chi connectivity index (χ4v) is 2.54. The van der Waals surface area contributed by atoms with E-state index in [9.17, 15) is 0 Å². The van der Waals surface area contributed by atoms with E-state index in [4.69, 9.17) is 0 Å². The van der Waals surface area contributed by atoms with Gasteiger partial charge in [-0.3, -0.25) is 4.68 Å². The second-order valence-corrected chi connectivity index (χ2v) is 5.00. The minimum atomic E-state index is 0.910. The molecule has 2 rings (SSSR count). The normalized spacial score (nSPS) is 10.9. The molecule has 3 nitrogen and oxygen atoms in total. The summed E-state index contributed by atoms with van der Waals surface area (Å²) in [7, 11) is 1.97. The van der Waals surface area contributed by atoms with Crippen LogP contribution in [0.25, 0.3) is 11.1 Å². The van der Waals surface area contributed by atoms with Crippen LogP contribution in [0.1, 0.15) is 30.3 Å². The first kappa shape index (κ1) is 13.8. The van der Waals surface area contributed by atoms with Crippen LogP contribution in [0.15, 0.2) is 24.3 Å². The molecule has 0 aliphatic rings. The molecule has 0 saturated carbocycles. The molecule has 1 N–H and O–H groups in total. The summed E-state index contributed by atoms with van der Waals surface area (Å²) in [4.78, 5) is 0. The molecule has 2 aromatic rings. The zero-order chi connectivity index (χ0) is 13.8. The molecule has 0 atom stereocenters. The fraction of sp³-hybridized carbons (Fsp3) is 0.438. The summed E-state index contributed by atoms with van der Waals surface area (Å²) in [5, 5.41) is 7.81. The Morgan fingerprint density at radius 2 is 1.84 bits per heavy atom. The first-order valence-corrected chi connectivity index (χ1v) is 6.95. The van der Waals surface area contributed by atoms with E-state index in [0.29, 0.717) is 0 Å². The summed E-state index contributed by atoms with van der Waals surface area (Å²) < 4.78 is 2.12. The molecule has 1 aromatic carbocycles. The SMILES string of the molecule is CCCn1nc(C)c(-c2ccc(CNC)cc2)c1C. The van der Waals surface area contributed by atoms with Gasteiger partial charge in [-0.05, 0) is 38.4 Å². The topological polar surface area (TPSA) is 29.9 Å². The van der Waals surface area contributed by atoms with Crippen LogP contribution in [0, 0.1) is 13.8 Å². The number of nitrogens with zero attached hydrogens (tertiary/aromatic N) is 2. The summed E-state index contributed by atoms with van der Waals surface area (Å²) in [5.41, 5.74) is 6.23. The minimum absolute atomic E-state index is 0.910. The van der Waals surface area contributed by atoms with Crippen molar-refractivity contribution in [3.05, 3.63) is 41.2 Å². The molecule has 102 valence electrons. The molecule has 1 aromatic heterocycles. The molecule has 0 bridgehead atoms. The minimum Gasteiger partial charge on any atom is -0.316 e. The van der Waals surface area contributed by atoms with Crippen molar-refractivity contribution in [1.82, 2.24) is 15.1 Å². The van der Waals surface area contributed by atoms with Gasteiger partial charge in [0.15, 0.2) is 0 Å². The van der Waals surface area contributed by atoms with Crippen molar-refractivity contribution >= 4 is 0 Å². The van der Waals surface area contributed by atoms with Gasteiger partial charge in [0.2, 0.25) is 0 Å². The summed E-state index contributed by atoms with van der Waals surface area (Å²) in [6.07, 6.45) is 1.11. The van der Waals surface area contributed by atoms with Crippen LogP contribution in [-0.2, 0) is 13.1 Å². The standard InChI is InChI=1S/C16H23N3/c1-5-10-19-13(3)16(12(2)18-19)15-8-6-14(7-9-15)11-17-4/h6-9,17H,5,10-11H2,1-4H3. The molecular formula is C16H23N3. The lowest BCUT2D eigenvalue weighted by molar-refractivity contribution is 0.583. The molecule has 0 unspecified atom stereocenters. The third-order valence-corrected chi connectivity index (χ3v) is 3.44. The van der Waals surface area contributed by atoms with Gasteiger partial charge in [-0.2, -0.15) is 5.10 Å². The number of aromatic nitrogens is 2. The fourth-order valence-electron chi connectivity index (χ4n) is 2.54. The van der Waals surface area contributed by atoms with Gasteiger partial charge in [-0.25, -0.2) is 0 Å². The van der Waals surface area contributed by atoms with Crippen molar-refractivity contribution in [2.45, 2.75) is 40.3 Å². The van der Waals surface area contributed by atoms with Crippen LogP contribution in [0.5, 0.6) is 0 Å². The summed E-state index contributed by atoms with van der Waals surface area (Å²) >= 11 is 0. The second kappa shape index (κ2) is 6.02. The molecule has 0 aliphatic heterocycles. The molecule has 0 amide bonds. The highest BCUT2D eigenvalue weighted by Crippen LogP contribution is 2.27. The maximum Gasteiger partial charge on any atom is 0.0674 e. The van der Waals surface area contributed by atoms with Crippen LogP contribution in [0.4, 0.5) is 0 Å². The summed E-state index contributed by atoms with van der Waals surface area (Å²) in [6.45, 7) is 8.34. The summed E-state index contributed by atoms with van der Waals surface area (Å²) in [6, 6.07) is 8.75. The van der Waals surface area contributed by atoms with E-state index >= 15 is 0 Å². The zero-order valence-electron chi connectivity index (χ0n) is 12.3. The van der Waals surface area contributed by atoms with Gasteiger partial charge in [-0.15, -0.1) is 0 Å². The highest BCUT2D eigenvalue weighted by Gasteiger charge is 2.12. The lowest BCUT2D eigenvalue weighted by Crippen LogP contribution is -2.04. The van der Waals surface area contributed by atoms with Crippen LogP contribution in [-0.4, -0.2) is 16.8 Å². The average molecular weight is 257 g/mol. The molecular weight excluding hydrogens is 234 g/mol. The Bertz CT molecular complexity index is 538. The summed E-state index contributed by atoms with van der Waals surface area (Å²) in [5.74, 6) is 0. The lowest BCUT2D eigenvalue weighted by Gasteiger charge is -2.06. The second-order valence-electron chi connectivity index (χ2n) is 5.00. The Morgan fingerprint density at radius 3 is 2.42 bits per heavy atom. The monoisotopic (exact) mass is 257 g/mol. The van der Waals surface area contributed by atoms with Crippen molar-refractivity contribution in [1.29, 1.82) is 0 Å². The van der Waals surface area contributed by atoms with Crippen LogP contribution >= 0.6 is 0 Å². The maximum absolute atomic E-state index is 4.64. The predicted octanol–water partition coefficient (Wildman–Crippen LogP) is 3.30. The number of aryl methyl sites for hydroxylation is 2. The number of rotatable bonds is 5. The van der Waals surface area contributed by atoms with Gasteiger partial charge in [-0.1, -0.05) is 31.2 Å². The van der Waals surface area contributed by atoms with Crippen molar-refractivity contribution in [2.24, 2.45) is 0 Å². The van der Waals surface area contributed by atoms with Gasteiger partial charge >= 0.3 is 0 Å². The predicted molar refractivity (Wildman–Crippen MR) is 80.2 cm³/mol. The van der Waals surface area contributed by atoms with E-state index in [1.54, 1.807) is 0 Å². The molecule has 3 heteroatoms. The highest BCUT2D eigenvalue weighted by molar-refractivity contribution is 5.68. The Labute approximate surface area is 115 Å². The van der Waals surface area contributed by atoms with Crippen molar-refractivity contribution in [3.8, 4) is 11.1 Å². The largest absolute Gasteiger partial charge is 0.316 e. The quantitative estimate of drug-likeness (QED) is 0.890. The van der Waals surface area contributed by atoms with Gasteiger partial charge in [0.1, 0.15) is 0 Å². The number of hydrogen-bond donors (Lipinski definition) is 1. The first-order valence-electron chi connectivity index (χ1n) is 6.95. The van der Waals surface area contributed by atoms with E-state index in [0.717, 1.165) is 25.2 Å². The number of nitrogens with one attached hydrogen (secondary N) is 1. The van der Waals surface area contributed by atoms with Gasteiger partial charge < -0.3 is 5.32 Å². The van der Waals surface area contributed by atoms with E-state index in [-0.39, 0.29) is 0 Å². The van der Waals surface area contributed by atoms with Crippen molar-refractivity contribution < 1.29 is 0 Å². The third-order valence-electron chi connectivity index (χ3n) is 3.44. The zero-order valence-corrected chi connectivity index (χ0v) is 12.3. The molecule has 0 spiro atoms. The lowest BCUT2D eigenvalue weighted by atomic mass is 10.0. The number of hydrogen-bond acceptors (Lipinski definition) is 2. The third kappa shape index (κ3) is 2.87. The van der Waals surface area contributed by atoms with E-state index in [1.807, 2.05) is 7.05 Å². The Balaban J connectivity index is 2.35.